The average Bonchev–Trinajstić information content (AvgIpc) is 2.32. The van der Waals surface area contributed by atoms with Crippen LogP contribution in [-0.2, 0) is 0 Å². The molecule has 4 heteroatoms. The molecule has 0 spiro atoms. The first-order valence-corrected chi connectivity index (χ1v) is 4.12. The number of carbonyl (C=O) groups is 1. The molecular weight excluding hydrogens is 156 g/mol. The zero-order chi connectivity index (χ0) is 8.55. The smallest absolute Gasteiger partial charge is 0.238 e. The Bertz CT molecular complexity index is 302. The summed E-state index contributed by atoms with van der Waals surface area (Å²) in [5.41, 5.74) is 0. The molecule has 0 N–H and O–H groups in total. The average molecular weight is 166 g/mol. The molecule has 2 rings (SSSR count). The maximum absolute atomic E-state index is 10.8. The van der Waals surface area contributed by atoms with Gasteiger partial charge in [0, 0.05) is 12.8 Å². The van der Waals surface area contributed by atoms with Gasteiger partial charge < -0.3 is 4.52 Å². The van der Waals surface area contributed by atoms with E-state index in [1.54, 1.807) is 0 Å². The van der Waals surface area contributed by atoms with E-state index in [0.29, 0.717) is 11.8 Å². The molecule has 1 aromatic rings. The molecule has 1 fully saturated rings. The highest BCUT2D eigenvalue weighted by molar-refractivity contribution is 5.89. The lowest BCUT2D eigenvalue weighted by atomic mass is 9.85. The second-order valence-electron chi connectivity index (χ2n) is 3.14. The molecule has 0 bridgehead atoms. The van der Waals surface area contributed by atoms with E-state index in [9.17, 15) is 4.79 Å². The predicted molar refractivity (Wildman–Crippen MR) is 40.9 cm³/mol. The summed E-state index contributed by atoms with van der Waals surface area (Å²) in [6, 6.07) is 0. The van der Waals surface area contributed by atoms with Crippen LogP contribution in [-0.4, -0.2) is 15.9 Å². The Hall–Kier alpha value is -1.19. The first-order chi connectivity index (χ1) is 5.77. The number of hydrogen-bond acceptors (Lipinski definition) is 4. The fourth-order valence-electron chi connectivity index (χ4n) is 1.20. The Labute approximate surface area is 70.0 Å². The van der Waals surface area contributed by atoms with Crippen LogP contribution >= 0.6 is 0 Å². The Balaban J connectivity index is 2.17. The minimum Gasteiger partial charge on any atom is -0.339 e. The third kappa shape index (κ3) is 1.13. The molecule has 1 aliphatic carbocycles. The molecule has 1 aromatic heterocycles. The third-order valence-electron chi connectivity index (χ3n) is 2.21. The van der Waals surface area contributed by atoms with Crippen molar-refractivity contribution in [2.75, 3.05) is 0 Å². The fraction of sp³-hybridized carbons (Fsp3) is 0.625. The van der Waals surface area contributed by atoms with E-state index in [-0.39, 0.29) is 11.6 Å². The summed E-state index contributed by atoms with van der Waals surface area (Å²) >= 11 is 0. The van der Waals surface area contributed by atoms with Gasteiger partial charge in [-0.3, -0.25) is 4.79 Å². The van der Waals surface area contributed by atoms with Gasteiger partial charge >= 0.3 is 0 Å². The summed E-state index contributed by atoms with van der Waals surface area (Å²) in [7, 11) is 0. The molecule has 0 atom stereocenters. The highest BCUT2D eigenvalue weighted by Crippen LogP contribution is 2.35. The summed E-state index contributed by atoms with van der Waals surface area (Å²) in [5, 5.41) is 3.58. The van der Waals surface area contributed by atoms with Crippen molar-refractivity contribution < 1.29 is 9.32 Å². The van der Waals surface area contributed by atoms with Crippen molar-refractivity contribution >= 4 is 5.78 Å². The van der Waals surface area contributed by atoms with Gasteiger partial charge in [0.25, 0.3) is 0 Å². The van der Waals surface area contributed by atoms with Crippen LogP contribution < -0.4 is 0 Å². The molecule has 64 valence electrons. The molecule has 0 unspecified atom stereocenters. The molecule has 0 aromatic carbocycles. The van der Waals surface area contributed by atoms with Gasteiger partial charge in [0.05, 0.1) is 0 Å². The molecule has 0 saturated heterocycles. The molecule has 4 nitrogen and oxygen atoms in total. The van der Waals surface area contributed by atoms with Crippen molar-refractivity contribution in [2.24, 2.45) is 0 Å². The largest absolute Gasteiger partial charge is 0.339 e. The second-order valence-corrected chi connectivity index (χ2v) is 3.14. The second kappa shape index (κ2) is 2.69. The minimum atomic E-state index is -0.135. The molecule has 0 aliphatic heterocycles. The van der Waals surface area contributed by atoms with Gasteiger partial charge in [-0.25, -0.2) is 0 Å². The first kappa shape index (κ1) is 7.46. The zero-order valence-electron chi connectivity index (χ0n) is 6.91. The molecule has 0 radical (unpaired) electrons. The van der Waals surface area contributed by atoms with Crippen molar-refractivity contribution in [1.82, 2.24) is 10.1 Å². The van der Waals surface area contributed by atoms with Crippen molar-refractivity contribution in [3.05, 3.63) is 11.7 Å². The van der Waals surface area contributed by atoms with Crippen molar-refractivity contribution in [2.45, 2.75) is 32.1 Å². The molecule has 1 saturated carbocycles. The van der Waals surface area contributed by atoms with Gasteiger partial charge in [-0.1, -0.05) is 11.6 Å². The van der Waals surface area contributed by atoms with E-state index >= 15 is 0 Å². The fourth-order valence-corrected chi connectivity index (χ4v) is 1.20. The van der Waals surface area contributed by atoms with Crippen LogP contribution in [0.3, 0.4) is 0 Å². The quantitative estimate of drug-likeness (QED) is 0.625. The topological polar surface area (TPSA) is 56.0 Å². The van der Waals surface area contributed by atoms with E-state index < -0.39 is 0 Å². The number of ketones is 1. The number of carbonyl (C=O) groups excluding carboxylic acids is 1. The van der Waals surface area contributed by atoms with Gasteiger partial charge in [0.2, 0.25) is 17.5 Å². The van der Waals surface area contributed by atoms with Crippen molar-refractivity contribution in [3.63, 3.8) is 0 Å². The van der Waals surface area contributed by atoms with Crippen molar-refractivity contribution in [1.29, 1.82) is 0 Å². The van der Waals surface area contributed by atoms with E-state index in [1.165, 1.54) is 13.3 Å². The van der Waals surface area contributed by atoms with Gasteiger partial charge in [-0.2, -0.15) is 4.98 Å². The van der Waals surface area contributed by atoms with E-state index in [0.717, 1.165) is 12.8 Å². The highest BCUT2D eigenvalue weighted by Gasteiger charge is 2.25. The van der Waals surface area contributed by atoms with Crippen LogP contribution in [0.25, 0.3) is 0 Å². The van der Waals surface area contributed by atoms with Crippen molar-refractivity contribution in [3.8, 4) is 0 Å². The number of rotatable bonds is 2. The Morgan fingerprint density at radius 2 is 2.33 bits per heavy atom. The normalized spacial score (nSPS) is 17.4. The number of nitrogens with zero attached hydrogens (tertiary/aromatic N) is 2. The maximum atomic E-state index is 10.8. The van der Waals surface area contributed by atoms with E-state index in [2.05, 4.69) is 10.1 Å². The lowest BCUT2D eigenvalue weighted by Crippen LogP contribution is -2.09. The van der Waals surface area contributed by atoms with Crippen LogP contribution in [0.2, 0.25) is 0 Å². The summed E-state index contributed by atoms with van der Waals surface area (Å²) in [5.74, 6) is 1.11. The predicted octanol–water partition coefficient (Wildman–Crippen LogP) is 1.54. The monoisotopic (exact) mass is 166 g/mol. The van der Waals surface area contributed by atoms with Gasteiger partial charge in [0.15, 0.2) is 0 Å². The standard InChI is InChI=1S/C8H10N2O2/c1-5(11)7-9-8(12-10-7)6-3-2-4-6/h6H,2-4H2,1H3. The zero-order valence-corrected chi connectivity index (χ0v) is 6.91. The lowest BCUT2D eigenvalue weighted by molar-refractivity contribution is 0.100. The minimum absolute atomic E-state index is 0.135. The summed E-state index contributed by atoms with van der Waals surface area (Å²) in [6.45, 7) is 1.44. The van der Waals surface area contributed by atoms with Crippen LogP contribution in [0.15, 0.2) is 4.52 Å². The number of Topliss-reactive ketones (excluding diaryl/α,β-unsaturated/α-hetero) is 1. The molecule has 1 aliphatic rings. The molecule has 1 heterocycles. The van der Waals surface area contributed by atoms with Crippen LogP contribution in [0, 0.1) is 0 Å². The molecule has 12 heavy (non-hydrogen) atoms. The maximum Gasteiger partial charge on any atom is 0.238 e. The Morgan fingerprint density at radius 1 is 1.58 bits per heavy atom. The first-order valence-electron chi connectivity index (χ1n) is 4.12. The Kier molecular flexibility index (Phi) is 1.67. The molecule has 0 amide bonds. The molecular formula is C8H10N2O2. The lowest BCUT2D eigenvalue weighted by Gasteiger charge is -2.20. The third-order valence-corrected chi connectivity index (χ3v) is 2.21. The summed E-state index contributed by atoms with van der Waals surface area (Å²) in [6.07, 6.45) is 3.45. The van der Waals surface area contributed by atoms with Crippen LogP contribution in [0.5, 0.6) is 0 Å². The van der Waals surface area contributed by atoms with E-state index in [1.807, 2.05) is 0 Å². The SMILES string of the molecule is CC(=O)c1noc(C2CCC2)n1. The van der Waals surface area contributed by atoms with E-state index in [4.69, 9.17) is 4.52 Å². The number of aromatic nitrogens is 2. The van der Waals surface area contributed by atoms with Gasteiger partial charge in [-0.15, -0.1) is 0 Å². The van der Waals surface area contributed by atoms with Gasteiger partial charge in [-0.05, 0) is 12.8 Å². The number of hydrogen-bond donors (Lipinski definition) is 0. The summed E-state index contributed by atoms with van der Waals surface area (Å²) in [4.78, 5) is 14.8. The van der Waals surface area contributed by atoms with Crippen LogP contribution in [0.1, 0.15) is 48.6 Å². The summed E-state index contributed by atoms with van der Waals surface area (Å²) < 4.78 is 4.95. The highest BCUT2D eigenvalue weighted by atomic mass is 16.5. The Morgan fingerprint density at radius 3 is 2.75 bits per heavy atom. The van der Waals surface area contributed by atoms with Gasteiger partial charge in [0.1, 0.15) is 0 Å². The van der Waals surface area contributed by atoms with Crippen LogP contribution in [0.4, 0.5) is 0 Å².